The minimum absolute atomic E-state index is 0.0886. The highest BCUT2D eigenvalue weighted by atomic mass is 16.6. The second kappa shape index (κ2) is 6.86. The van der Waals surface area contributed by atoms with Crippen LogP contribution in [0.2, 0.25) is 0 Å². The third-order valence-corrected chi connectivity index (χ3v) is 3.51. The van der Waals surface area contributed by atoms with Crippen molar-refractivity contribution in [2.24, 2.45) is 0 Å². The van der Waals surface area contributed by atoms with Gasteiger partial charge in [-0.25, -0.2) is 4.79 Å². The molecular weight excluding hydrogens is 314 g/mol. The molecular formula is C16H21N3O5. The first-order valence-corrected chi connectivity index (χ1v) is 7.71. The first kappa shape index (κ1) is 17.7. The van der Waals surface area contributed by atoms with Crippen molar-refractivity contribution in [3.8, 4) is 0 Å². The normalized spacial score (nSPS) is 15.9. The van der Waals surface area contributed by atoms with Gasteiger partial charge in [0.2, 0.25) is 5.91 Å². The number of para-hydroxylation sites is 2. The van der Waals surface area contributed by atoms with Crippen molar-refractivity contribution < 1.29 is 19.2 Å². The molecule has 0 N–H and O–H groups in total. The Hall–Kier alpha value is -2.64. The van der Waals surface area contributed by atoms with Crippen LogP contribution in [0.1, 0.15) is 27.2 Å². The Bertz CT molecular complexity index is 653. The standard InChI is InChI=1S/C16H21N3O5/c1-16(2,3)24-15(21)17-9-8-14(20)18(11-10-17)12-6-4-5-7-13(12)19(22)23/h4-7H,8-11H2,1-3H3. The quantitative estimate of drug-likeness (QED) is 0.612. The van der Waals surface area contributed by atoms with Gasteiger partial charge < -0.3 is 14.5 Å². The van der Waals surface area contributed by atoms with Crippen molar-refractivity contribution in [2.45, 2.75) is 32.8 Å². The van der Waals surface area contributed by atoms with Crippen LogP contribution in [0, 0.1) is 10.1 Å². The van der Waals surface area contributed by atoms with E-state index in [0.717, 1.165) is 0 Å². The van der Waals surface area contributed by atoms with Crippen LogP contribution in [0.25, 0.3) is 0 Å². The fraction of sp³-hybridized carbons (Fsp3) is 0.500. The molecule has 0 aliphatic carbocycles. The van der Waals surface area contributed by atoms with E-state index < -0.39 is 16.6 Å². The Morgan fingerprint density at radius 1 is 1.21 bits per heavy atom. The summed E-state index contributed by atoms with van der Waals surface area (Å²) in [4.78, 5) is 38.0. The molecule has 24 heavy (non-hydrogen) atoms. The number of nitrogens with zero attached hydrogens (tertiary/aromatic N) is 3. The van der Waals surface area contributed by atoms with E-state index in [2.05, 4.69) is 0 Å². The van der Waals surface area contributed by atoms with Crippen LogP contribution in [0.15, 0.2) is 24.3 Å². The molecule has 130 valence electrons. The van der Waals surface area contributed by atoms with E-state index in [1.54, 1.807) is 39.0 Å². The van der Waals surface area contributed by atoms with Crippen molar-refractivity contribution in [3.63, 3.8) is 0 Å². The van der Waals surface area contributed by atoms with Gasteiger partial charge in [-0.1, -0.05) is 12.1 Å². The Morgan fingerprint density at radius 2 is 1.88 bits per heavy atom. The lowest BCUT2D eigenvalue weighted by molar-refractivity contribution is -0.384. The lowest BCUT2D eigenvalue weighted by Crippen LogP contribution is -2.39. The monoisotopic (exact) mass is 335 g/mol. The van der Waals surface area contributed by atoms with Gasteiger partial charge in [-0.2, -0.15) is 0 Å². The zero-order valence-electron chi connectivity index (χ0n) is 14.0. The molecule has 0 bridgehead atoms. The van der Waals surface area contributed by atoms with E-state index >= 15 is 0 Å². The number of benzene rings is 1. The summed E-state index contributed by atoms with van der Waals surface area (Å²) >= 11 is 0. The summed E-state index contributed by atoms with van der Waals surface area (Å²) in [7, 11) is 0. The maximum atomic E-state index is 12.4. The molecule has 1 heterocycles. The molecule has 0 aromatic heterocycles. The molecule has 0 spiro atoms. The summed E-state index contributed by atoms with van der Waals surface area (Å²) in [6, 6.07) is 6.10. The van der Waals surface area contributed by atoms with Crippen molar-refractivity contribution in [1.82, 2.24) is 4.90 Å². The number of nitro groups is 1. The highest BCUT2D eigenvalue weighted by Gasteiger charge is 2.30. The van der Waals surface area contributed by atoms with E-state index in [-0.39, 0.29) is 43.3 Å². The number of carbonyl (C=O) groups is 2. The predicted molar refractivity (Wildman–Crippen MR) is 87.9 cm³/mol. The Kier molecular flexibility index (Phi) is 5.06. The molecule has 2 rings (SSSR count). The predicted octanol–water partition coefficient (Wildman–Crippen LogP) is 2.57. The van der Waals surface area contributed by atoms with Gasteiger partial charge >= 0.3 is 6.09 Å². The van der Waals surface area contributed by atoms with Gasteiger partial charge in [-0.3, -0.25) is 14.9 Å². The average molecular weight is 335 g/mol. The molecule has 8 nitrogen and oxygen atoms in total. The first-order valence-electron chi connectivity index (χ1n) is 7.71. The number of carbonyl (C=O) groups excluding carboxylic acids is 2. The van der Waals surface area contributed by atoms with E-state index in [9.17, 15) is 19.7 Å². The first-order chi connectivity index (χ1) is 11.2. The highest BCUT2D eigenvalue weighted by Crippen LogP contribution is 2.29. The number of rotatable bonds is 2. The van der Waals surface area contributed by atoms with Crippen molar-refractivity contribution in [1.29, 1.82) is 0 Å². The number of hydrogen-bond acceptors (Lipinski definition) is 5. The number of hydrogen-bond donors (Lipinski definition) is 0. The second-order valence-electron chi connectivity index (χ2n) is 6.51. The van der Waals surface area contributed by atoms with Crippen molar-refractivity contribution in [2.75, 3.05) is 24.5 Å². The second-order valence-corrected chi connectivity index (χ2v) is 6.51. The maximum absolute atomic E-state index is 12.4. The van der Waals surface area contributed by atoms with Gasteiger partial charge in [-0.15, -0.1) is 0 Å². The van der Waals surface area contributed by atoms with Gasteiger partial charge in [0.1, 0.15) is 11.3 Å². The van der Waals surface area contributed by atoms with Crippen LogP contribution in [0.4, 0.5) is 16.2 Å². The largest absolute Gasteiger partial charge is 0.444 e. The third-order valence-electron chi connectivity index (χ3n) is 3.51. The zero-order valence-corrected chi connectivity index (χ0v) is 14.0. The van der Waals surface area contributed by atoms with Crippen molar-refractivity contribution >= 4 is 23.4 Å². The molecule has 1 aromatic carbocycles. The minimum atomic E-state index is -0.620. The van der Waals surface area contributed by atoms with Crippen LogP contribution < -0.4 is 4.90 Å². The Morgan fingerprint density at radius 3 is 2.50 bits per heavy atom. The molecule has 1 fully saturated rings. The van der Waals surface area contributed by atoms with Crippen LogP contribution in [0.3, 0.4) is 0 Å². The lowest BCUT2D eigenvalue weighted by atomic mass is 10.2. The summed E-state index contributed by atoms with van der Waals surface area (Å²) in [5, 5.41) is 11.2. The molecule has 2 amide bonds. The fourth-order valence-corrected chi connectivity index (χ4v) is 2.43. The van der Waals surface area contributed by atoms with Gasteiger partial charge in [0.15, 0.2) is 0 Å². The maximum Gasteiger partial charge on any atom is 0.410 e. The fourth-order valence-electron chi connectivity index (χ4n) is 2.43. The minimum Gasteiger partial charge on any atom is -0.444 e. The average Bonchev–Trinajstić information content (AvgIpc) is 2.67. The van der Waals surface area contributed by atoms with Gasteiger partial charge in [-0.05, 0) is 26.8 Å². The van der Waals surface area contributed by atoms with E-state index in [1.165, 1.54) is 15.9 Å². The van der Waals surface area contributed by atoms with Crippen LogP contribution in [-0.2, 0) is 9.53 Å². The summed E-state index contributed by atoms with van der Waals surface area (Å²) < 4.78 is 5.32. The highest BCUT2D eigenvalue weighted by molar-refractivity contribution is 5.96. The summed E-state index contributed by atoms with van der Waals surface area (Å²) in [6.45, 7) is 5.98. The molecule has 0 unspecified atom stereocenters. The molecule has 1 aliphatic heterocycles. The number of amides is 2. The van der Waals surface area contributed by atoms with Crippen LogP contribution >= 0.6 is 0 Å². The van der Waals surface area contributed by atoms with Gasteiger partial charge in [0.05, 0.1) is 4.92 Å². The number of anilines is 1. The third kappa shape index (κ3) is 4.21. The Balaban J connectivity index is 2.18. The van der Waals surface area contributed by atoms with Gasteiger partial charge in [0.25, 0.3) is 5.69 Å². The molecule has 0 radical (unpaired) electrons. The van der Waals surface area contributed by atoms with Crippen LogP contribution in [-0.4, -0.2) is 47.1 Å². The molecule has 0 saturated carbocycles. The molecule has 0 atom stereocenters. The molecule has 8 heteroatoms. The SMILES string of the molecule is CC(C)(C)OC(=O)N1CCC(=O)N(c2ccccc2[N+](=O)[O-])CC1. The summed E-state index contributed by atoms with van der Waals surface area (Å²) in [5.41, 5.74) is -0.499. The number of nitro benzene ring substituents is 1. The van der Waals surface area contributed by atoms with Gasteiger partial charge in [0, 0.05) is 32.1 Å². The Labute approximate surface area is 140 Å². The summed E-state index contributed by atoms with van der Waals surface area (Å²) in [5.74, 6) is -0.254. The smallest absolute Gasteiger partial charge is 0.410 e. The molecule has 1 aliphatic rings. The summed E-state index contributed by atoms with van der Waals surface area (Å²) in [6.07, 6.45) is -0.398. The number of ether oxygens (including phenoxy) is 1. The topological polar surface area (TPSA) is 93.0 Å². The van der Waals surface area contributed by atoms with Crippen LogP contribution in [0.5, 0.6) is 0 Å². The molecule has 1 saturated heterocycles. The molecule has 1 aromatic rings. The van der Waals surface area contributed by atoms with E-state index in [4.69, 9.17) is 4.74 Å². The van der Waals surface area contributed by atoms with E-state index in [0.29, 0.717) is 0 Å². The van der Waals surface area contributed by atoms with E-state index in [1.807, 2.05) is 0 Å². The van der Waals surface area contributed by atoms with Crippen molar-refractivity contribution in [3.05, 3.63) is 34.4 Å². The zero-order chi connectivity index (χ0) is 17.9. The lowest BCUT2D eigenvalue weighted by Gasteiger charge is -2.26.